The van der Waals surface area contributed by atoms with Crippen molar-refractivity contribution in [1.29, 1.82) is 0 Å². The van der Waals surface area contributed by atoms with Gasteiger partial charge in [-0.15, -0.1) is 0 Å². The van der Waals surface area contributed by atoms with Gasteiger partial charge in [0.15, 0.2) is 5.05 Å². The van der Waals surface area contributed by atoms with Gasteiger partial charge in [0.2, 0.25) is 8.32 Å². The van der Waals surface area contributed by atoms with Crippen LogP contribution in [-0.4, -0.2) is 38.8 Å². The number of hydrogen-bond acceptors (Lipinski definition) is 3. The van der Waals surface area contributed by atoms with Gasteiger partial charge in [-0.05, 0) is 51.2 Å². The third kappa shape index (κ3) is 5.13. The Hall–Kier alpha value is 0.0238. The summed E-state index contributed by atoms with van der Waals surface area (Å²) >= 11 is 5.47. The number of thiocarbonyl (C=S) groups is 1. The van der Waals surface area contributed by atoms with Crippen LogP contribution in [0.5, 0.6) is 0 Å². The summed E-state index contributed by atoms with van der Waals surface area (Å²) in [5.41, 5.74) is 1.26. The van der Waals surface area contributed by atoms with E-state index in [0.29, 0.717) is 6.04 Å². The van der Waals surface area contributed by atoms with Crippen LogP contribution in [0.3, 0.4) is 0 Å². The zero-order valence-corrected chi connectivity index (χ0v) is 16.4. The monoisotopic (exact) mass is 315 g/mol. The molecule has 0 fully saturated rings. The number of rotatable bonds is 5. The predicted octanol–water partition coefficient (Wildman–Crippen LogP) is 4.41. The first-order valence-corrected chi connectivity index (χ1v) is 14.5. The van der Waals surface area contributed by atoms with Crippen molar-refractivity contribution in [2.24, 2.45) is 0 Å². The average Bonchev–Trinajstić information content (AvgIpc) is 2.62. The molecular weight excluding hydrogens is 286 g/mol. The molecule has 1 atom stereocenters. The maximum atomic E-state index is 5.96. The molecule has 0 aromatic carbocycles. The SMILES string of the molecule is CCN(C1CC=C(C(=S)O[Si](C)(C)C)C1)[Si](C)(C)C. The van der Waals surface area contributed by atoms with E-state index in [1.54, 1.807) is 0 Å². The Bertz CT molecular complexity index is 369. The molecule has 0 spiro atoms. The van der Waals surface area contributed by atoms with Gasteiger partial charge in [-0.25, -0.2) is 0 Å². The quantitative estimate of drug-likeness (QED) is 0.551. The topological polar surface area (TPSA) is 12.5 Å². The molecule has 0 aliphatic heterocycles. The van der Waals surface area contributed by atoms with Gasteiger partial charge in [0, 0.05) is 11.6 Å². The number of nitrogens with zero attached hydrogens (tertiary/aromatic N) is 1. The van der Waals surface area contributed by atoms with Gasteiger partial charge in [0.1, 0.15) is 8.24 Å². The average molecular weight is 316 g/mol. The van der Waals surface area contributed by atoms with E-state index in [1.165, 1.54) is 5.57 Å². The minimum atomic E-state index is -1.57. The van der Waals surface area contributed by atoms with E-state index in [2.05, 4.69) is 56.8 Å². The third-order valence-corrected chi connectivity index (χ3v) is 7.11. The Balaban J connectivity index is 2.64. The molecule has 0 heterocycles. The first-order chi connectivity index (χ1) is 8.54. The molecule has 110 valence electrons. The van der Waals surface area contributed by atoms with Crippen LogP contribution in [0.1, 0.15) is 19.8 Å². The maximum Gasteiger partial charge on any atom is 0.243 e. The summed E-state index contributed by atoms with van der Waals surface area (Å²) in [5.74, 6) is 0. The molecule has 1 unspecified atom stereocenters. The second-order valence-corrected chi connectivity index (χ2v) is 17.0. The van der Waals surface area contributed by atoms with Crippen molar-refractivity contribution in [3.8, 4) is 0 Å². The van der Waals surface area contributed by atoms with Crippen LogP contribution < -0.4 is 0 Å². The van der Waals surface area contributed by atoms with Crippen LogP contribution in [0.25, 0.3) is 0 Å². The highest BCUT2D eigenvalue weighted by Gasteiger charge is 2.33. The fraction of sp³-hybridized carbons (Fsp3) is 0.786. The van der Waals surface area contributed by atoms with Gasteiger partial charge in [0.05, 0.1) is 0 Å². The molecule has 5 heteroatoms. The minimum absolute atomic E-state index is 0.634. The molecule has 1 aliphatic rings. The van der Waals surface area contributed by atoms with Gasteiger partial charge in [-0.3, -0.25) is 0 Å². The van der Waals surface area contributed by atoms with Crippen LogP contribution in [0.4, 0.5) is 0 Å². The predicted molar refractivity (Wildman–Crippen MR) is 93.9 cm³/mol. The lowest BCUT2D eigenvalue weighted by atomic mass is 10.2. The van der Waals surface area contributed by atoms with E-state index >= 15 is 0 Å². The van der Waals surface area contributed by atoms with Crippen LogP contribution in [0.2, 0.25) is 39.3 Å². The van der Waals surface area contributed by atoms with E-state index in [4.69, 9.17) is 16.6 Å². The second-order valence-electron chi connectivity index (χ2n) is 7.28. The summed E-state index contributed by atoms with van der Waals surface area (Å²) in [7, 11) is -2.81. The summed E-state index contributed by atoms with van der Waals surface area (Å²) in [6.45, 7) is 17.2. The molecule has 0 saturated heterocycles. The van der Waals surface area contributed by atoms with Crippen molar-refractivity contribution in [2.75, 3.05) is 6.54 Å². The van der Waals surface area contributed by atoms with E-state index in [-0.39, 0.29) is 0 Å². The summed E-state index contributed by atoms with van der Waals surface area (Å²) in [4.78, 5) is 0. The molecule has 19 heavy (non-hydrogen) atoms. The molecule has 1 aliphatic carbocycles. The van der Waals surface area contributed by atoms with Gasteiger partial charge < -0.3 is 8.99 Å². The van der Waals surface area contributed by atoms with Crippen molar-refractivity contribution in [3.05, 3.63) is 11.6 Å². The minimum Gasteiger partial charge on any atom is -0.537 e. The zero-order valence-electron chi connectivity index (χ0n) is 13.5. The van der Waals surface area contributed by atoms with Crippen molar-refractivity contribution >= 4 is 33.8 Å². The summed E-state index contributed by atoms with van der Waals surface area (Å²) in [5, 5.41) is 0.758. The van der Waals surface area contributed by atoms with Gasteiger partial charge in [-0.1, -0.05) is 32.6 Å². The Morgan fingerprint density at radius 3 is 2.32 bits per heavy atom. The zero-order chi connectivity index (χ0) is 14.8. The smallest absolute Gasteiger partial charge is 0.243 e. The highest BCUT2D eigenvalue weighted by atomic mass is 32.1. The lowest BCUT2D eigenvalue weighted by Gasteiger charge is -2.38. The van der Waals surface area contributed by atoms with Crippen molar-refractivity contribution in [3.63, 3.8) is 0 Å². The Morgan fingerprint density at radius 1 is 1.32 bits per heavy atom. The first-order valence-electron chi connectivity index (χ1n) is 7.23. The van der Waals surface area contributed by atoms with Crippen LogP contribution in [0, 0.1) is 0 Å². The highest BCUT2D eigenvalue weighted by Crippen LogP contribution is 2.29. The fourth-order valence-corrected chi connectivity index (χ4v) is 6.57. The van der Waals surface area contributed by atoms with Crippen molar-refractivity contribution in [2.45, 2.75) is 65.1 Å². The summed E-state index contributed by atoms with van der Waals surface area (Å²) in [6.07, 6.45) is 4.50. The molecule has 0 radical (unpaired) electrons. The third-order valence-electron chi connectivity index (χ3n) is 3.40. The lowest BCUT2D eigenvalue weighted by molar-refractivity contribution is 0.339. The van der Waals surface area contributed by atoms with Gasteiger partial charge >= 0.3 is 0 Å². The van der Waals surface area contributed by atoms with E-state index in [0.717, 1.165) is 24.4 Å². The number of hydrogen-bond donors (Lipinski definition) is 0. The molecule has 0 amide bonds. The van der Waals surface area contributed by atoms with Gasteiger partial charge in [-0.2, -0.15) is 0 Å². The van der Waals surface area contributed by atoms with Gasteiger partial charge in [0.25, 0.3) is 0 Å². The van der Waals surface area contributed by atoms with Crippen LogP contribution in [-0.2, 0) is 4.43 Å². The maximum absolute atomic E-state index is 5.96. The van der Waals surface area contributed by atoms with Crippen molar-refractivity contribution in [1.82, 2.24) is 4.57 Å². The molecule has 0 aromatic heterocycles. The molecule has 0 bridgehead atoms. The second kappa shape index (κ2) is 6.20. The van der Waals surface area contributed by atoms with E-state index in [1.807, 2.05) is 0 Å². The summed E-state index contributed by atoms with van der Waals surface area (Å²) < 4.78 is 8.67. The standard InChI is InChI=1S/C14H29NOSSi2/c1-8-15(18(2,3)4)13-10-9-12(11-13)14(17)16-19(5,6)7/h9,13H,8,10-11H2,1-7H3. The first kappa shape index (κ1) is 17.1. The normalized spacial score (nSPS) is 20.6. The van der Waals surface area contributed by atoms with Crippen LogP contribution >= 0.6 is 12.2 Å². The molecule has 2 nitrogen and oxygen atoms in total. The highest BCUT2D eigenvalue weighted by molar-refractivity contribution is 7.80. The lowest BCUT2D eigenvalue weighted by Crippen LogP contribution is -2.51. The molecular formula is C14H29NOSSi2. The Morgan fingerprint density at radius 2 is 1.89 bits per heavy atom. The largest absolute Gasteiger partial charge is 0.537 e. The molecule has 0 N–H and O–H groups in total. The fourth-order valence-electron chi connectivity index (χ4n) is 2.73. The molecule has 0 saturated carbocycles. The van der Waals surface area contributed by atoms with E-state index < -0.39 is 16.6 Å². The van der Waals surface area contributed by atoms with E-state index in [9.17, 15) is 0 Å². The summed E-state index contributed by atoms with van der Waals surface area (Å²) in [6, 6.07) is 0.634. The van der Waals surface area contributed by atoms with Crippen molar-refractivity contribution < 1.29 is 4.43 Å². The van der Waals surface area contributed by atoms with Crippen LogP contribution in [0.15, 0.2) is 11.6 Å². The Kier molecular flexibility index (Phi) is 5.57. The molecule has 0 aromatic rings. The Labute approximate surface area is 126 Å². The molecule has 1 rings (SSSR count).